The second kappa shape index (κ2) is 5.42. The maximum atomic E-state index is 12.0. The fourth-order valence-corrected chi connectivity index (χ4v) is 3.56. The number of ether oxygens (including phenoxy) is 1. The van der Waals surface area contributed by atoms with Crippen molar-refractivity contribution >= 4 is 27.3 Å². The Kier molecular flexibility index (Phi) is 3.87. The molecule has 0 saturated heterocycles. The monoisotopic (exact) mass is 303 g/mol. The van der Waals surface area contributed by atoms with Crippen LogP contribution in [0.2, 0.25) is 0 Å². The molecule has 2 aromatic rings. The number of nitrogens with one attached hydrogen (secondary N) is 2. The number of tetrazole rings is 1. The largest absolute Gasteiger partial charge is 0.465 e. The van der Waals surface area contributed by atoms with Crippen molar-refractivity contribution in [3.63, 3.8) is 0 Å². The summed E-state index contributed by atoms with van der Waals surface area (Å²) < 4.78 is 30.9. The van der Waals surface area contributed by atoms with Crippen molar-refractivity contribution in [3.8, 4) is 0 Å². The Labute approximate surface area is 112 Å². The third-order valence-electron chi connectivity index (χ3n) is 2.10. The lowest BCUT2D eigenvalue weighted by atomic mass is 10.5. The molecule has 0 atom stereocenters. The highest BCUT2D eigenvalue weighted by molar-refractivity contribution is 7.89. The molecule has 2 aromatic heterocycles. The lowest BCUT2D eigenvalue weighted by molar-refractivity contribution is 0.0602. The summed E-state index contributed by atoms with van der Waals surface area (Å²) in [6.07, 6.45) is 0. The van der Waals surface area contributed by atoms with Gasteiger partial charge in [0.15, 0.2) is 5.82 Å². The van der Waals surface area contributed by atoms with Crippen molar-refractivity contribution in [3.05, 3.63) is 22.1 Å². The summed E-state index contributed by atoms with van der Waals surface area (Å²) in [7, 11) is -2.66. The van der Waals surface area contributed by atoms with Crippen molar-refractivity contribution < 1.29 is 17.9 Å². The SMILES string of the molecule is COC(=O)c1sccc1S(=O)(=O)NCc1nn[nH]n1. The first kappa shape index (κ1) is 13.6. The van der Waals surface area contributed by atoms with E-state index in [0.29, 0.717) is 0 Å². The lowest BCUT2D eigenvalue weighted by Gasteiger charge is -2.04. The minimum atomic E-state index is -3.84. The molecule has 2 N–H and O–H groups in total. The van der Waals surface area contributed by atoms with Gasteiger partial charge >= 0.3 is 5.97 Å². The Morgan fingerprint density at radius 2 is 2.37 bits per heavy atom. The van der Waals surface area contributed by atoms with E-state index in [1.54, 1.807) is 0 Å². The number of esters is 1. The summed E-state index contributed by atoms with van der Waals surface area (Å²) in [6, 6.07) is 1.33. The first-order valence-electron chi connectivity index (χ1n) is 4.92. The van der Waals surface area contributed by atoms with E-state index in [1.807, 2.05) is 0 Å². The molecule has 11 heteroatoms. The van der Waals surface area contributed by atoms with Crippen LogP contribution in [0.3, 0.4) is 0 Å². The highest BCUT2D eigenvalue weighted by atomic mass is 32.2. The zero-order chi connectivity index (χ0) is 13.9. The maximum Gasteiger partial charge on any atom is 0.349 e. The molecule has 0 amide bonds. The van der Waals surface area contributed by atoms with Crippen LogP contribution in [0.15, 0.2) is 16.3 Å². The molecule has 0 aliphatic carbocycles. The lowest BCUT2D eigenvalue weighted by Crippen LogP contribution is -2.25. The topological polar surface area (TPSA) is 127 Å². The number of methoxy groups -OCH3 is 1. The summed E-state index contributed by atoms with van der Waals surface area (Å²) in [4.78, 5) is 11.3. The van der Waals surface area contributed by atoms with E-state index in [2.05, 4.69) is 30.1 Å². The van der Waals surface area contributed by atoms with Gasteiger partial charge in [0.05, 0.1) is 13.7 Å². The Bertz CT molecular complexity index is 663. The van der Waals surface area contributed by atoms with Crippen LogP contribution in [-0.2, 0) is 21.3 Å². The van der Waals surface area contributed by atoms with E-state index >= 15 is 0 Å². The van der Waals surface area contributed by atoms with Gasteiger partial charge < -0.3 is 4.74 Å². The molecule has 0 radical (unpaired) electrons. The van der Waals surface area contributed by atoms with Gasteiger partial charge in [0.1, 0.15) is 9.77 Å². The van der Waals surface area contributed by atoms with Crippen molar-refractivity contribution in [2.45, 2.75) is 11.4 Å². The molecule has 0 spiro atoms. The average molecular weight is 303 g/mol. The Morgan fingerprint density at radius 3 is 3.00 bits per heavy atom. The van der Waals surface area contributed by atoms with Crippen molar-refractivity contribution in [2.75, 3.05) is 7.11 Å². The molecular formula is C8H9N5O4S2. The van der Waals surface area contributed by atoms with Crippen LogP contribution < -0.4 is 4.72 Å². The Morgan fingerprint density at radius 1 is 1.58 bits per heavy atom. The average Bonchev–Trinajstić information content (AvgIpc) is 3.06. The first-order valence-corrected chi connectivity index (χ1v) is 7.28. The molecule has 0 aliphatic heterocycles. The quantitative estimate of drug-likeness (QED) is 0.714. The number of carbonyl (C=O) groups excluding carboxylic acids is 1. The first-order chi connectivity index (χ1) is 9.04. The van der Waals surface area contributed by atoms with Gasteiger partial charge in [-0.15, -0.1) is 21.5 Å². The maximum absolute atomic E-state index is 12.0. The number of nitrogens with zero attached hydrogens (tertiary/aromatic N) is 3. The molecule has 102 valence electrons. The normalized spacial score (nSPS) is 11.4. The number of aromatic amines is 1. The molecule has 2 heterocycles. The number of sulfonamides is 1. The molecule has 19 heavy (non-hydrogen) atoms. The predicted octanol–water partition coefficient (Wildman–Crippen LogP) is -0.474. The number of carbonyl (C=O) groups is 1. The molecule has 9 nitrogen and oxygen atoms in total. The smallest absolute Gasteiger partial charge is 0.349 e. The van der Waals surface area contributed by atoms with Gasteiger partial charge in [-0.25, -0.2) is 17.9 Å². The number of rotatable bonds is 5. The van der Waals surface area contributed by atoms with Crippen LogP contribution in [0.1, 0.15) is 15.5 Å². The predicted molar refractivity (Wildman–Crippen MR) is 63.9 cm³/mol. The third-order valence-corrected chi connectivity index (χ3v) is 4.57. The van der Waals surface area contributed by atoms with Crippen LogP contribution >= 0.6 is 11.3 Å². The summed E-state index contributed by atoms with van der Waals surface area (Å²) in [5.74, 6) is -0.506. The minimum absolute atomic E-state index is 0.0168. The van der Waals surface area contributed by atoms with E-state index in [0.717, 1.165) is 11.3 Å². The number of H-pyrrole nitrogens is 1. The third kappa shape index (κ3) is 2.94. The van der Waals surface area contributed by atoms with E-state index in [-0.39, 0.29) is 22.1 Å². The van der Waals surface area contributed by atoms with Gasteiger partial charge in [-0.3, -0.25) is 0 Å². The highest BCUT2D eigenvalue weighted by Gasteiger charge is 2.24. The zero-order valence-corrected chi connectivity index (χ0v) is 11.3. The molecule has 0 aliphatic rings. The molecule has 0 unspecified atom stereocenters. The Balaban J connectivity index is 2.20. The van der Waals surface area contributed by atoms with E-state index in [1.165, 1.54) is 18.6 Å². The molecule has 0 bridgehead atoms. The second-order valence-electron chi connectivity index (χ2n) is 3.26. The van der Waals surface area contributed by atoms with E-state index in [9.17, 15) is 13.2 Å². The fourth-order valence-electron chi connectivity index (χ4n) is 1.25. The molecule has 0 aromatic carbocycles. The van der Waals surface area contributed by atoms with Crippen molar-refractivity contribution in [1.29, 1.82) is 0 Å². The fraction of sp³-hybridized carbons (Fsp3) is 0.250. The highest BCUT2D eigenvalue weighted by Crippen LogP contribution is 2.22. The van der Waals surface area contributed by atoms with Crippen LogP contribution in [0.4, 0.5) is 0 Å². The molecule has 0 saturated carbocycles. The minimum Gasteiger partial charge on any atom is -0.465 e. The van der Waals surface area contributed by atoms with Crippen LogP contribution in [0.5, 0.6) is 0 Å². The van der Waals surface area contributed by atoms with Crippen LogP contribution in [-0.4, -0.2) is 42.1 Å². The molecular weight excluding hydrogens is 294 g/mol. The van der Waals surface area contributed by atoms with Gasteiger partial charge in [-0.05, 0) is 11.4 Å². The van der Waals surface area contributed by atoms with Crippen molar-refractivity contribution in [1.82, 2.24) is 25.3 Å². The van der Waals surface area contributed by atoms with E-state index in [4.69, 9.17) is 0 Å². The number of hydrogen-bond donors (Lipinski definition) is 2. The van der Waals surface area contributed by atoms with Gasteiger partial charge in [0.25, 0.3) is 0 Å². The second-order valence-corrected chi connectivity index (χ2v) is 5.91. The van der Waals surface area contributed by atoms with Gasteiger partial charge in [0.2, 0.25) is 10.0 Å². The van der Waals surface area contributed by atoms with E-state index < -0.39 is 16.0 Å². The standard InChI is InChI=1S/C8H9N5O4S2/c1-17-8(14)7-5(2-3-18-7)19(15,16)9-4-6-10-12-13-11-6/h2-3,9H,4H2,1H3,(H,10,11,12,13). The number of hydrogen-bond acceptors (Lipinski definition) is 8. The zero-order valence-electron chi connectivity index (χ0n) is 9.65. The Hall–Kier alpha value is -1.85. The summed E-state index contributed by atoms with van der Waals surface area (Å²) >= 11 is 0.989. The molecule has 2 rings (SSSR count). The summed E-state index contributed by atoms with van der Waals surface area (Å²) in [5.41, 5.74) is 0. The number of thiophene rings is 1. The number of aromatic nitrogens is 4. The van der Waals surface area contributed by atoms with Crippen LogP contribution in [0, 0.1) is 0 Å². The summed E-state index contributed by atoms with van der Waals surface area (Å²) in [5, 5.41) is 14.2. The molecule has 0 fully saturated rings. The van der Waals surface area contributed by atoms with Gasteiger partial charge in [0, 0.05) is 0 Å². The van der Waals surface area contributed by atoms with Crippen LogP contribution in [0.25, 0.3) is 0 Å². The van der Waals surface area contributed by atoms with Crippen molar-refractivity contribution in [2.24, 2.45) is 0 Å². The van der Waals surface area contributed by atoms with Gasteiger partial charge in [-0.2, -0.15) is 5.21 Å². The summed E-state index contributed by atoms with van der Waals surface area (Å²) in [6.45, 7) is -0.130. The van der Waals surface area contributed by atoms with Gasteiger partial charge in [-0.1, -0.05) is 5.21 Å².